The lowest BCUT2D eigenvalue weighted by atomic mass is 10.2. The molecule has 16 heavy (non-hydrogen) atoms. The molecule has 0 aliphatic carbocycles. The lowest BCUT2D eigenvalue weighted by Crippen LogP contribution is -2.31. The molecule has 1 rings (SSSR count). The first-order chi connectivity index (χ1) is 7.63. The van der Waals surface area contributed by atoms with Crippen LogP contribution in [-0.2, 0) is 0 Å². The summed E-state index contributed by atoms with van der Waals surface area (Å²) in [5, 5.41) is 3.44. The number of thioether (sulfide) groups is 1. The minimum absolute atomic E-state index is 0.413. The highest BCUT2D eigenvalue weighted by molar-refractivity contribution is 7.99. The minimum Gasteiger partial charge on any atom is -0.310 e. The molecule has 2 heteroatoms. The summed E-state index contributed by atoms with van der Waals surface area (Å²) in [5.41, 5.74) is 2.52. The predicted molar refractivity (Wildman–Crippen MR) is 74.2 cm³/mol. The zero-order valence-electron chi connectivity index (χ0n) is 10.4. The van der Waals surface area contributed by atoms with Gasteiger partial charge in [-0.25, -0.2) is 0 Å². The van der Waals surface area contributed by atoms with Crippen molar-refractivity contribution in [1.82, 2.24) is 5.32 Å². The van der Waals surface area contributed by atoms with Gasteiger partial charge in [0.1, 0.15) is 0 Å². The second kappa shape index (κ2) is 6.77. The van der Waals surface area contributed by atoms with E-state index in [1.807, 2.05) is 11.8 Å². The largest absolute Gasteiger partial charge is 0.310 e. The standard InChI is InChI=1S/C14H21NS/c1-5-15-14(11(2)3)10-16-13-8-6-12(4)7-9-13/h6-9,14-15H,2,5,10H2,1,3-4H3. The van der Waals surface area contributed by atoms with Crippen LogP contribution in [-0.4, -0.2) is 18.3 Å². The topological polar surface area (TPSA) is 12.0 Å². The number of hydrogen-bond acceptors (Lipinski definition) is 2. The Kier molecular flexibility index (Phi) is 5.64. The van der Waals surface area contributed by atoms with Gasteiger partial charge in [0.2, 0.25) is 0 Å². The first-order valence-electron chi connectivity index (χ1n) is 5.71. The average Bonchev–Trinajstić information content (AvgIpc) is 2.26. The Hall–Kier alpha value is -0.730. The molecule has 0 saturated carbocycles. The van der Waals surface area contributed by atoms with Gasteiger partial charge >= 0.3 is 0 Å². The van der Waals surface area contributed by atoms with Gasteiger partial charge in [0.15, 0.2) is 0 Å². The van der Waals surface area contributed by atoms with Crippen LogP contribution >= 0.6 is 11.8 Å². The minimum atomic E-state index is 0.413. The molecule has 0 amide bonds. The van der Waals surface area contributed by atoms with E-state index in [1.165, 1.54) is 16.0 Å². The Morgan fingerprint density at radius 3 is 2.50 bits per heavy atom. The van der Waals surface area contributed by atoms with Gasteiger partial charge in [-0.05, 0) is 32.5 Å². The second-order valence-electron chi connectivity index (χ2n) is 4.08. The summed E-state index contributed by atoms with van der Waals surface area (Å²) in [7, 11) is 0. The summed E-state index contributed by atoms with van der Waals surface area (Å²) in [6, 6.07) is 9.09. The van der Waals surface area contributed by atoms with E-state index in [2.05, 4.69) is 56.9 Å². The zero-order valence-corrected chi connectivity index (χ0v) is 11.2. The highest BCUT2D eigenvalue weighted by Gasteiger charge is 2.07. The Bertz CT molecular complexity index is 329. The number of likely N-dealkylation sites (N-methyl/N-ethyl adjacent to an activating group) is 1. The van der Waals surface area contributed by atoms with Crippen LogP contribution in [0.2, 0.25) is 0 Å². The Morgan fingerprint density at radius 1 is 1.38 bits per heavy atom. The van der Waals surface area contributed by atoms with Crippen molar-refractivity contribution in [3.8, 4) is 0 Å². The molecule has 0 saturated heterocycles. The van der Waals surface area contributed by atoms with Crippen molar-refractivity contribution in [2.45, 2.75) is 31.7 Å². The van der Waals surface area contributed by atoms with Crippen LogP contribution in [0.4, 0.5) is 0 Å². The van der Waals surface area contributed by atoms with Crippen LogP contribution in [0, 0.1) is 6.92 Å². The molecule has 0 heterocycles. The van der Waals surface area contributed by atoms with Gasteiger partial charge in [0, 0.05) is 16.7 Å². The Balaban J connectivity index is 2.48. The van der Waals surface area contributed by atoms with Crippen molar-refractivity contribution in [3.05, 3.63) is 42.0 Å². The fourth-order valence-corrected chi connectivity index (χ4v) is 2.53. The maximum atomic E-state index is 4.02. The second-order valence-corrected chi connectivity index (χ2v) is 5.17. The lowest BCUT2D eigenvalue weighted by Gasteiger charge is -2.17. The highest BCUT2D eigenvalue weighted by Crippen LogP contribution is 2.20. The maximum absolute atomic E-state index is 4.02. The van der Waals surface area contributed by atoms with Gasteiger partial charge in [-0.2, -0.15) is 0 Å². The molecule has 0 radical (unpaired) electrons. The molecule has 0 spiro atoms. The molecule has 1 atom stereocenters. The van der Waals surface area contributed by atoms with Crippen LogP contribution < -0.4 is 5.32 Å². The van der Waals surface area contributed by atoms with Gasteiger partial charge in [0.05, 0.1) is 0 Å². The normalized spacial score (nSPS) is 12.4. The van der Waals surface area contributed by atoms with Gasteiger partial charge in [0.25, 0.3) is 0 Å². The van der Waals surface area contributed by atoms with Crippen LogP contribution in [0.15, 0.2) is 41.3 Å². The van der Waals surface area contributed by atoms with Crippen molar-refractivity contribution in [2.24, 2.45) is 0 Å². The van der Waals surface area contributed by atoms with Gasteiger partial charge in [-0.15, -0.1) is 11.8 Å². The molecule has 0 aliphatic heterocycles. The van der Waals surface area contributed by atoms with Crippen LogP contribution in [0.5, 0.6) is 0 Å². The van der Waals surface area contributed by atoms with Gasteiger partial charge in [-0.1, -0.05) is 36.8 Å². The van der Waals surface area contributed by atoms with Crippen molar-refractivity contribution in [1.29, 1.82) is 0 Å². The SMILES string of the molecule is C=C(C)C(CSc1ccc(C)cc1)NCC. The molecule has 0 bridgehead atoms. The number of aryl methyl sites for hydroxylation is 1. The first kappa shape index (κ1) is 13.3. The number of rotatable bonds is 6. The van der Waals surface area contributed by atoms with Crippen molar-refractivity contribution >= 4 is 11.8 Å². The highest BCUT2D eigenvalue weighted by atomic mass is 32.2. The number of hydrogen-bond donors (Lipinski definition) is 1. The van der Waals surface area contributed by atoms with Gasteiger partial charge in [-0.3, -0.25) is 0 Å². The van der Waals surface area contributed by atoms with Crippen molar-refractivity contribution in [3.63, 3.8) is 0 Å². The smallest absolute Gasteiger partial charge is 0.0368 e. The monoisotopic (exact) mass is 235 g/mol. The predicted octanol–water partition coefficient (Wildman–Crippen LogP) is 3.64. The molecule has 1 N–H and O–H groups in total. The Labute approximate surface area is 103 Å². The van der Waals surface area contributed by atoms with E-state index in [9.17, 15) is 0 Å². The summed E-state index contributed by atoms with van der Waals surface area (Å²) in [6.45, 7) is 11.3. The molecule has 1 nitrogen and oxygen atoms in total. The summed E-state index contributed by atoms with van der Waals surface area (Å²) < 4.78 is 0. The van der Waals surface area contributed by atoms with Crippen LogP contribution in [0.3, 0.4) is 0 Å². The molecule has 0 fully saturated rings. The van der Waals surface area contributed by atoms with Crippen molar-refractivity contribution in [2.75, 3.05) is 12.3 Å². The molecule has 88 valence electrons. The summed E-state index contributed by atoms with van der Waals surface area (Å²) >= 11 is 1.88. The van der Waals surface area contributed by atoms with Gasteiger partial charge < -0.3 is 5.32 Å². The molecule has 0 aromatic heterocycles. The summed E-state index contributed by atoms with van der Waals surface area (Å²) in [6.07, 6.45) is 0. The van der Waals surface area contributed by atoms with E-state index in [0.717, 1.165) is 12.3 Å². The lowest BCUT2D eigenvalue weighted by molar-refractivity contribution is 0.642. The fourth-order valence-electron chi connectivity index (χ4n) is 1.44. The van der Waals surface area contributed by atoms with Crippen LogP contribution in [0.1, 0.15) is 19.4 Å². The molecular weight excluding hydrogens is 214 g/mol. The third-order valence-corrected chi connectivity index (χ3v) is 3.59. The molecule has 1 aromatic rings. The molecule has 0 aliphatic rings. The number of nitrogens with one attached hydrogen (secondary N) is 1. The summed E-state index contributed by atoms with van der Waals surface area (Å²) in [4.78, 5) is 1.33. The maximum Gasteiger partial charge on any atom is 0.0368 e. The molecule has 1 unspecified atom stereocenters. The van der Waals surface area contributed by atoms with Crippen molar-refractivity contribution < 1.29 is 0 Å². The number of benzene rings is 1. The van der Waals surface area contributed by atoms with Crippen LogP contribution in [0.25, 0.3) is 0 Å². The average molecular weight is 235 g/mol. The van der Waals surface area contributed by atoms with E-state index in [4.69, 9.17) is 0 Å². The molecular formula is C14H21NS. The summed E-state index contributed by atoms with van der Waals surface area (Å²) in [5.74, 6) is 1.05. The third-order valence-electron chi connectivity index (χ3n) is 2.48. The van der Waals surface area contributed by atoms with E-state index in [1.54, 1.807) is 0 Å². The quantitative estimate of drug-likeness (QED) is 0.597. The van der Waals surface area contributed by atoms with E-state index in [0.29, 0.717) is 6.04 Å². The first-order valence-corrected chi connectivity index (χ1v) is 6.70. The third kappa shape index (κ3) is 4.42. The van der Waals surface area contributed by atoms with E-state index < -0.39 is 0 Å². The Morgan fingerprint density at radius 2 is 2.00 bits per heavy atom. The fraction of sp³-hybridized carbons (Fsp3) is 0.429. The zero-order chi connectivity index (χ0) is 12.0. The van der Waals surface area contributed by atoms with E-state index in [-0.39, 0.29) is 0 Å². The molecule has 1 aromatic carbocycles. The van der Waals surface area contributed by atoms with E-state index >= 15 is 0 Å².